The fourth-order valence-corrected chi connectivity index (χ4v) is 3.31. The molecule has 0 aliphatic rings. The summed E-state index contributed by atoms with van der Waals surface area (Å²) in [6.45, 7) is 13.1. The Balaban J connectivity index is 2.37. The molecule has 0 radical (unpaired) electrons. The number of hydrogen-bond donors (Lipinski definition) is 1. The van der Waals surface area contributed by atoms with E-state index in [0.29, 0.717) is 5.75 Å². The number of hydrogen-bond acceptors (Lipinski definition) is 2. The van der Waals surface area contributed by atoms with Crippen molar-refractivity contribution < 1.29 is 5.11 Å². The molecular weight excluding hydrogens is 330 g/mol. The largest absolute Gasteiger partial charge is 0.507 e. The quantitative estimate of drug-likeness (QED) is 0.527. The second kappa shape index (κ2) is 9.21. The van der Waals surface area contributed by atoms with Gasteiger partial charge in [-0.05, 0) is 41.4 Å². The van der Waals surface area contributed by atoms with E-state index in [-0.39, 0.29) is 11.5 Å². The SMILES string of the molecule is CC(C)CCCC(C)N=Cc1c(-c2ccccc2)ccc(C(C)(C)C)c1O. The Morgan fingerprint density at radius 3 is 2.22 bits per heavy atom. The lowest BCUT2D eigenvalue weighted by atomic mass is 9.83. The van der Waals surface area contributed by atoms with Crippen LogP contribution in [0.25, 0.3) is 11.1 Å². The fraction of sp³-hybridized carbons (Fsp3) is 0.480. The molecule has 2 heteroatoms. The van der Waals surface area contributed by atoms with Gasteiger partial charge in [0.05, 0.1) is 0 Å². The first-order valence-electron chi connectivity index (χ1n) is 10.1. The van der Waals surface area contributed by atoms with Gasteiger partial charge in [0, 0.05) is 17.8 Å². The van der Waals surface area contributed by atoms with Crippen molar-refractivity contribution in [2.75, 3.05) is 0 Å². The summed E-state index contributed by atoms with van der Waals surface area (Å²) in [5, 5.41) is 11.0. The fourth-order valence-electron chi connectivity index (χ4n) is 3.31. The van der Waals surface area contributed by atoms with Crippen LogP contribution in [0.1, 0.15) is 71.9 Å². The molecule has 0 heterocycles. The third-order valence-electron chi connectivity index (χ3n) is 4.97. The van der Waals surface area contributed by atoms with E-state index in [1.54, 1.807) is 0 Å². The van der Waals surface area contributed by atoms with Gasteiger partial charge in [-0.3, -0.25) is 4.99 Å². The average molecular weight is 366 g/mol. The predicted molar refractivity (Wildman–Crippen MR) is 118 cm³/mol. The molecule has 1 N–H and O–H groups in total. The topological polar surface area (TPSA) is 32.6 Å². The molecule has 0 amide bonds. The highest BCUT2D eigenvalue weighted by molar-refractivity contribution is 5.94. The summed E-state index contributed by atoms with van der Waals surface area (Å²) in [5.74, 6) is 1.08. The number of phenols is 1. The molecule has 2 aromatic carbocycles. The average Bonchev–Trinajstić information content (AvgIpc) is 2.59. The molecule has 2 rings (SSSR count). The molecular formula is C25H35NO. The van der Waals surface area contributed by atoms with E-state index < -0.39 is 0 Å². The van der Waals surface area contributed by atoms with Crippen molar-refractivity contribution in [2.45, 2.75) is 72.3 Å². The van der Waals surface area contributed by atoms with Gasteiger partial charge in [-0.15, -0.1) is 0 Å². The van der Waals surface area contributed by atoms with Crippen LogP contribution in [-0.4, -0.2) is 17.4 Å². The van der Waals surface area contributed by atoms with Crippen molar-refractivity contribution in [2.24, 2.45) is 10.9 Å². The molecule has 0 aliphatic carbocycles. The van der Waals surface area contributed by atoms with Crippen LogP contribution < -0.4 is 0 Å². The zero-order valence-electron chi connectivity index (χ0n) is 17.8. The van der Waals surface area contributed by atoms with E-state index in [2.05, 4.69) is 59.7 Å². The van der Waals surface area contributed by atoms with Crippen LogP contribution in [0.5, 0.6) is 5.75 Å². The molecule has 0 saturated heterocycles. The maximum atomic E-state index is 11.0. The van der Waals surface area contributed by atoms with Gasteiger partial charge in [-0.2, -0.15) is 0 Å². The van der Waals surface area contributed by atoms with Crippen LogP contribution in [-0.2, 0) is 5.41 Å². The molecule has 0 saturated carbocycles. The third kappa shape index (κ3) is 5.95. The number of phenolic OH excluding ortho intramolecular Hbond substituents is 1. The van der Waals surface area contributed by atoms with Crippen molar-refractivity contribution in [1.29, 1.82) is 0 Å². The Bertz CT molecular complexity index is 754. The first kappa shape index (κ1) is 21.2. The zero-order valence-corrected chi connectivity index (χ0v) is 17.8. The van der Waals surface area contributed by atoms with Crippen molar-refractivity contribution in [3.8, 4) is 16.9 Å². The Kier molecular flexibility index (Phi) is 7.24. The minimum absolute atomic E-state index is 0.120. The second-order valence-electron chi connectivity index (χ2n) is 8.99. The third-order valence-corrected chi connectivity index (χ3v) is 4.97. The lowest BCUT2D eigenvalue weighted by Gasteiger charge is -2.23. The first-order chi connectivity index (χ1) is 12.7. The summed E-state index contributed by atoms with van der Waals surface area (Å²) >= 11 is 0. The van der Waals surface area contributed by atoms with E-state index in [1.807, 2.05) is 30.5 Å². The monoisotopic (exact) mass is 365 g/mol. The molecule has 0 aliphatic heterocycles. The number of aliphatic imine (C=N–C) groups is 1. The van der Waals surface area contributed by atoms with Crippen LogP contribution in [0.4, 0.5) is 0 Å². The summed E-state index contributed by atoms with van der Waals surface area (Å²) < 4.78 is 0. The highest BCUT2D eigenvalue weighted by Crippen LogP contribution is 2.37. The Morgan fingerprint density at radius 2 is 1.63 bits per heavy atom. The standard InChI is InChI=1S/C25H35NO/c1-18(2)11-10-12-19(3)26-17-22-21(20-13-8-7-9-14-20)15-16-23(24(22)27)25(4,5)6/h7-9,13-19,27H,10-12H2,1-6H3. The van der Waals surface area contributed by atoms with Gasteiger partial charge in [0.1, 0.15) is 5.75 Å². The maximum Gasteiger partial charge on any atom is 0.128 e. The van der Waals surface area contributed by atoms with Crippen LogP contribution in [0.15, 0.2) is 47.5 Å². The van der Waals surface area contributed by atoms with Gasteiger partial charge < -0.3 is 5.11 Å². The number of aromatic hydroxyl groups is 1. The molecule has 2 aromatic rings. The van der Waals surface area contributed by atoms with Gasteiger partial charge in [0.25, 0.3) is 0 Å². The highest BCUT2D eigenvalue weighted by atomic mass is 16.3. The van der Waals surface area contributed by atoms with E-state index in [4.69, 9.17) is 4.99 Å². The van der Waals surface area contributed by atoms with Gasteiger partial charge in [0.15, 0.2) is 0 Å². The summed E-state index contributed by atoms with van der Waals surface area (Å²) in [4.78, 5) is 4.78. The van der Waals surface area contributed by atoms with Crippen molar-refractivity contribution >= 4 is 6.21 Å². The Morgan fingerprint density at radius 1 is 0.963 bits per heavy atom. The molecule has 146 valence electrons. The van der Waals surface area contributed by atoms with Gasteiger partial charge >= 0.3 is 0 Å². The number of rotatable bonds is 7. The number of benzene rings is 2. The summed E-state index contributed by atoms with van der Waals surface area (Å²) in [6.07, 6.45) is 5.39. The molecule has 0 aromatic heterocycles. The van der Waals surface area contributed by atoms with E-state index in [0.717, 1.165) is 34.6 Å². The van der Waals surface area contributed by atoms with E-state index in [9.17, 15) is 5.11 Å². The molecule has 0 fully saturated rings. The maximum absolute atomic E-state index is 11.0. The number of nitrogens with zero attached hydrogens (tertiary/aromatic N) is 1. The summed E-state index contributed by atoms with van der Waals surface area (Å²) in [6, 6.07) is 14.6. The summed E-state index contributed by atoms with van der Waals surface area (Å²) in [7, 11) is 0. The molecule has 0 spiro atoms. The van der Waals surface area contributed by atoms with Crippen LogP contribution in [0.3, 0.4) is 0 Å². The van der Waals surface area contributed by atoms with Gasteiger partial charge in [-0.25, -0.2) is 0 Å². The smallest absolute Gasteiger partial charge is 0.128 e. The highest BCUT2D eigenvalue weighted by Gasteiger charge is 2.22. The van der Waals surface area contributed by atoms with E-state index >= 15 is 0 Å². The van der Waals surface area contributed by atoms with Crippen molar-refractivity contribution in [1.82, 2.24) is 0 Å². The Labute approximate surface area is 165 Å². The lowest BCUT2D eigenvalue weighted by molar-refractivity contribution is 0.446. The van der Waals surface area contributed by atoms with Crippen LogP contribution >= 0.6 is 0 Å². The van der Waals surface area contributed by atoms with E-state index in [1.165, 1.54) is 12.8 Å². The zero-order chi connectivity index (χ0) is 20.0. The normalized spacial score (nSPS) is 13.4. The molecule has 2 nitrogen and oxygen atoms in total. The Hall–Kier alpha value is -2.09. The molecule has 1 atom stereocenters. The lowest BCUT2D eigenvalue weighted by Crippen LogP contribution is -2.12. The molecule has 1 unspecified atom stereocenters. The minimum atomic E-state index is -0.120. The van der Waals surface area contributed by atoms with Crippen LogP contribution in [0, 0.1) is 5.92 Å². The van der Waals surface area contributed by atoms with Crippen molar-refractivity contribution in [3.63, 3.8) is 0 Å². The predicted octanol–water partition coefficient (Wildman–Crippen LogP) is 6.99. The molecule has 27 heavy (non-hydrogen) atoms. The molecule has 0 bridgehead atoms. The second-order valence-corrected chi connectivity index (χ2v) is 8.99. The first-order valence-corrected chi connectivity index (χ1v) is 10.1. The minimum Gasteiger partial charge on any atom is -0.507 e. The summed E-state index contributed by atoms with van der Waals surface area (Å²) in [5.41, 5.74) is 3.78. The van der Waals surface area contributed by atoms with Gasteiger partial charge in [0.2, 0.25) is 0 Å². The van der Waals surface area contributed by atoms with Crippen molar-refractivity contribution in [3.05, 3.63) is 53.6 Å². The van der Waals surface area contributed by atoms with Crippen LogP contribution in [0.2, 0.25) is 0 Å². The van der Waals surface area contributed by atoms with Gasteiger partial charge in [-0.1, -0.05) is 89.9 Å².